The molecule has 0 radical (unpaired) electrons. The Balaban J connectivity index is 2.16. The number of aromatic hydroxyl groups is 1. The quantitative estimate of drug-likeness (QED) is 0.928. The first-order chi connectivity index (χ1) is 11.0. The number of phenolic OH excluding ortho intramolecular Hbond substituents is 1. The largest absolute Gasteiger partial charge is 0.504 e. The molecule has 2 atom stereocenters. The molecule has 1 fully saturated rings. The van der Waals surface area contributed by atoms with Gasteiger partial charge in [-0.15, -0.1) is 0 Å². The van der Waals surface area contributed by atoms with Gasteiger partial charge in [0.15, 0.2) is 11.5 Å². The van der Waals surface area contributed by atoms with E-state index in [0.717, 1.165) is 30.5 Å². The Morgan fingerprint density at radius 3 is 2.87 bits per heavy atom. The number of hydrogen-bond donors (Lipinski definition) is 1. The zero-order valence-corrected chi connectivity index (χ0v) is 14.1. The highest BCUT2D eigenvalue weighted by molar-refractivity contribution is 5.83. The average molecular weight is 315 g/mol. The summed E-state index contributed by atoms with van der Waals surface area (Å²) in [6, 6.07) is 3.78. The number of nitrogens with zero attached hydrogens (tertiary/aromatic N) is 1. The zero-order valence-electron chi connectivity index (χ0n) is 14.1. The van der Waals surface area contributed by atoms with E-state index in [1.807, 2.05) is 20.2 Å². The van der Waals surface area contributed by atoms with Crippen LogP contribution in [0.3, 0.4) is 0 Å². The molecule has 0 aromatic heterocycles. The summed E-state index contributed by atoms with van der Waals surface area (Å²) in [5.74, 6) is 1.28. The van der Waals surface area contributed by atoms with Gasteiger partial charge in [0.25, 0.3) is 0 Å². The molecular weight excluding hydrogens is 290 g/mol. The summed E-state index contributed by atoms with van der Waals surface area (Å²) in [6.45, 7) is 0.883. The van der Waals surface area contributed by atoms with Gasteiger partial charge >= 0.3 is 0 Å². The summed E-state index contributed by atoms with van der Waals surface area (Å²) >= 11 is 0. The molecule has 3 rings (SSSR count). The van der Waals surface area contributed by atoms with E-state index < -0.39 is 0 Å². The lowest BCUT2D eigenvalue weighted by Crippen LogP contribution is -2.44. The van der Waals surface area contributed by atoms with Gasteiger partial charge in [-0.1, -0.05) is 18.2 Å². The Bertz CT molecular complexity index is 650. The molecule has 0 spiro atoms. The van der Waals surface area contributed by atoms with E-state index in [2.05, 4.69) is 17.1 Å². The summed E-state index contributed by atoms with van der Waals surface area (Å²) in [5, 5.41) is 10.8. The van der Waals surface area contributed by atoms with Crippen molar-refractivity contribution in [2.24, 2.45) is 5.92 Å². The molecule has 1 saturated carbocycles. The van der Waals surface area contributed by atoms with Crippen LogP contribution in [0.25, 0.3) is 6.08 Å². The topological polar surface area (TPSA) is 49.8 Å². The van der Waals surface area contributed by atoms with Crippen molar-refractivity contribution in [2.75, 3.05) is 27.7 Å². The number of methoxy groups -OCH3 is 1. The molecule has 0 unspecified atom stereocenters. The Hall–Kier alpha value is -1.81. The highest BCUT2D eigenvalue weighted by Gasteiger charge is 2.48. The van der Waals surface area contributed by atoms with Crippen LogP contribution in [0, 0.1) is 5.92 Å². The van der Waals surface area contributed by atoms with E-state index in [1.165, 1.54) is 0 Å². The number of rotatable bonds is 4. The predicted molar refractivity (Wildman–Crippen MR) is 90.9 cm³/mol. The van der Waals surface area contributed by atoms with Gasteiger partial charge < -0.3 is 14.7 Å². The molecule has 0 aliphatic heterocycles. The molecular formula is C19H25NO3. The maximum absolute atomic E-state index is 12.3. The number of carbonyl (C=O) groups excluding carboxylic acids is 1. The molecule has 1 aromatic rings. The number of ketones is 1. The Labute approximate surface area is 137 Å². The van der Waals surface area contributed by atoms with E-state index in [-0.39, 0.29) is 11.2 Å². The van der Waals surface area contributed by atoms with E-state index in [1.54, 1.807) is 13.2 Å². The van der Waals surface area contributed by atoms with Crippen LogP contribution >= 0.6 is 0 Å². The summed E-state index contributed by atoms with van der Waals surface area (Å²) < 4.78 is 5.32. The summed E-state index contributed by atoms with van der Waals surface area (Å²) in [7, 11) is 5.65. The number of phenols is 1. The summed E-state index contributed by atoms with van der Waals surface area (Å²) in [6.07, 6.45) is 7.18. The first kappa shape index (κ1) is 16.1. The minimum atomic E-state index is -0.317. The maximum Gasteiger partial charge on any atom is 0.162 e. The Morgan fingerprint density at radius 1 is 1.39 bits per heavy atom. The molecule has 0 amide bonds. The van der Waals surface area contributed by atoms with Gasteiger partial charge in [0, 0.05) is 23.8 Å². The fourth-order valence-corrected chi connectivity index (χ4v) is 4.17. The van der Waals surface area contributed by atoms with Crippen molar-refractivity contribution in [3.8, 4) is 11.5 Å². The molecule has 2 aliphatic rings. The van der Waals surface area contributed by atoms with Crippen molar-refractivity contribution in [3.05, 3.63) is 29.3 Å². The number of carbonyl (C=O) groups is 1. The van der Waals surface area contributed by atoms with Gasteiger partial charge in [0.1, 0.15) is 5.78 Å². The molecule has 4 heteroatoms. The number of fused-ring (bicyclic) bond motifs is 3. The summed E-state index contributed by atoms with van der Waals surface area (Å²) in [5.41, 5.74) is 1.59. The van der Waals surface area contributed by atoms with Gasteiger partial charge in [-0.05, 0) is 51.0 Å². The van der Waals surface area contributed by atoms with Crippen LogP contribution in [-0.4, -0.2) is 43.5 Å². The van der Waals surface area contributed by atoms with Crippen LogP contribution in [0.4, 0.5) is 0 Å². The maximum atomic E-state index is 12.3. The van der Waals surface area contributed by atoms with Gasteiger partial charge in [-0.25, -0.2) is 0 Å². The monoisotopic (exact) mass is 315 g/mol. The van der Waals surface area contributed by atoms with Crippen molar-refractivity contribution in [1.82, 2.24) is 4.90 Å². The van der Waals surface area contributed by atoms with Crippen LogP contribution in [-0.2, 0) is 10.2 Å². The minimum Gasteiger partial charge on any atom is -0.504 e. The van der Waals surface area contributed by atoms with Crippen molar-refractivity contribution >= 4 is 11.9 Å². The van der Waals surface area contributed by atoms with Crippen LogP contribution < -0.4 is 4.74 Å². The molecule has 1 aromatic carbocycles. The van der Waals surface area contributed by atoms with E-state index in [9.17, 15) is 9.90 Å². The van der Waals surface area contributed by atoms with E-state index >= 15 is 0 Å². The fraction of sp³-hybridized carbons (Fsp3) is 0.526. The van der Waals surface area contributed by atoms with E-state index in [4.69, 9.17) is 4.74 Å². The first-order valence-electron chi connectivity index (χ1n) is 8.23. The van der Waals surface area contributed by atoms with Crippen molar-refractivity contribution in [1.29, 1.82) is 0 Å². The Kier molecular flexibility index (Phi) is 4.19. The lowest BCUT2D eigenvalue weighted by molar-refractivity contribution is -0.123. The molecule has 0 saturated heterocycles. The van der Waals surface area contributed by atoms with Crippen molar-refractivity contribution < 1.29 is 14.6 Å². The summed E-state index contributed by atoms with van der Waals surface area (Å²) in [4.78, 5) is 14.4. The average Bonchev–Trinajstić information content (AvgIpc) is 2.52. The minimum absolute atomic E-state index is 0.202. The number of hydrogen-bond acceptors (Lipinski definition) is 4. The number of benzene rings is 1. The SMILES string of the molecule is COc1ccc2c(c1O)[C@@]1(CCN(C)C)CC(=O)CC[C@@H]1C=C2. The first-order valence-corrected chi connectivity index (χ1v) is 8.23. The smallest absolute Gasteiger partial charge is 0.162 e. The molecule has 1 N–H and O–H groups in total. The second-order valence-electron chi connectivity index (χ2n) is 7.01. The highest BCUT2D eigenvalue weighted by Crippen LogP contribution is 2.54. The molecule has 124 valence electrons. The van der Waals surface area contributed by atoms with Crippen LogP contribution in [0.1, 0.15) is 36.8 Å². The third-order valence-corrected chi connectivity index (χ3v) is 5.36. The van der Waals surface area contributed by atoms with Crippen LogP contribution in [0.2, 0.25) is 0 Å². The molecule has 2 aliphatic carbocycles. The predicted octanol–water partition coefficient (Wildman–Crippen LogP) is 2.99. The standard InChI is InChI=1S/C19H25NO3/c1-20(2)11-10-19-12-15(21)8-7-14(19)6-4-13-5-9-16(23-3)18(22)17(13)19/h4-6,9,14,22H,7-8,10-12H2,1-3H3/t14-,19-/m0/s1. The Morgan fingerprint density at radius 2 is 2.17 bits per heavy atom. The molecule has 4 nitrogen and oxygen atoms in total. The second-order valence-corrected chi connectivity index (χ2v) is 7.01. The van der Waals surface area contributed by atoms with Gasteiger partial charge in [-0.3, -0.25) is 4.79 Å². The van der Waals surface area contributed by atoms with Crippen LogP contribution in [0.15, 0.2) is 18.2 Å². The van der Waals surface area contributed by atoms with Gasteiger partial charge in [-0.2, -0.15) is 0 Å². The molecule has 0 heterocycles. The fourth-order valence-electron chi connectivity index (χ4n) is 4.17. The number of Topliss-reactive ketones (excluding diaryl/α,β-unsaturated/α-hetero) is 1. The molecule has 0 bridgehead atoms. The van der Waals surface area contributed by atoms with Gasteiger partial charge in [0.05, 0.1) is 7.11 Å². The number of allylic oxidation sites excluding steroid dienone is 1. The van der Waals surface area contributed by atoms with Crippen molar-refractivity contribution in [2.45, 2.75) is 31.1 Å². The second kappa shape index (κ2) is 6.00. The third-order valence-electron chi connectivity index (χ3n) is 5.36. The van der Waals surface area contributed by atoms with Crippen molar-refractivity contribution in [3.63, 3.8) is 0 Å². The zero-order chi connectivity index (χ0) is 16.6. The normalized spacial score (nSPS) is 26.1. The third kappa shape index (κ3) is 2.65. The lowest BCUT2D eigenvalue weighted by atomic mass is 9.57. The number of ether oxygens (including phenoxy) is 1. The van der Waals surface area contributed by atoms with Crippen LogP contribution in [0.5, 0.6) is 11.5 Å². The van der Waals surface area contributed by atoms with E-state index in [0.29, 0.717) is 30.3 Å². The highest BCUT2D eigenvalue weighted by atomic mass is 16.5. The molecule has 23 heavy (non-hydrogen) atoms. The van der Waals surface area contributed by atoms with Gasteiger partial charge in [0.2, 0.25) is 0 Å². The lowest BCUT2D eigenvalue weighted by Gasteiger charge is -2.46.